The van der Waals surface area contributed by atoms with Crippen molar-refractivity contribution in [1.82, 2.24) is 9.78 Å². The number of nitrogens with zero attached hydrogens (tertiary/aromatic N) is 3. The lowest BCUT2D eigenvalue weighted by Crippen LogP contribution is -2.29. The molecule has 0 spiro atoms. The molecule has 1 N–H and O–H groups in total. The Balaban J connectivity index is 1.28. The Morgan fingerprint density at radius 1 is 1.10 bits per heavy atom. The molecule has 6 heteroatoms. The van der Waals surface area contributed by atoms with E-state index in [4.69, 9.17) is 4.42 Å². The molecule has 0 fully saturated rings. The standard InChI is InChI=1S/C25H24N4O2/c1-18-13-20-9-5-6-10-23(20)29(18)17-24-22(11-12-31-24)25(30)27-21-14-26-28(16-21)15-19-7-3-2-4-8-19/h2-12,14,16,18H,13,15,17H2,1H3,(H,27,30). The lowest BCUT2D eigenvalue weighted by Gasteiger charge is -2.24. The Kier molecular flexibility index (Phi) is 5.04. The second-order valence-electron chi connectivity index (χ2n) is 7.93. The molecule has 0 saturated carbocycles. The van der Waals surface area contributed by atoms with Gasteiger partial charge in [0.25, 0.3) is 5.91 Å². The van der Waals surface area contributed by atoms with Crippen molar-refractivity contribution in [3.63, 3.8) is 0 Å². The van der Waals surface area contributed by atoms with Crippen LogP contribution >= 0.6 is 0 Å². The molecule has 156 valence electrons. The van der Waals surface area contributed by atoms with E-state index < -0.39 is 0 Å². The molecule has 1 atom stereocenters. The normalized spacial score (nSPS) is 15.1. The molecule has 1 unspecified atom stereocenters. The Labute approximate surface area is 181 Å². The van der Waals surface area contributed by atoms with Crippen molar-refractivity contribution in [1.29, 1.82) is 0 Å². The number of carbonyl (C=O) groups excluding carboxylic acids is 1. The fourth-order valence-electron chi connectivity index (χ4n) is 4.17. The monoisotopic (exact) mass is 412 g/mol. The summed E-state index contributed by atoms with van der Waals surface area (Å²) < 4.78 is 7.52. The molecule has 3 heterocycles. The Bertz CT molecular complexity index is 1190. The summed E-state index contributed by atoms with van der Waals surface area (Å²) in [4.78, 5) is 15.2. The van der Waals surface area contributed by atoms with Crippen LogP contribution in [0.3, 0.4) is 0 Å². The van der Waals surface area contributed by atoms with Gasteiger partial charge in [-0.15, -0.1) is 0 Å². The maximum atomic E-state index is 12.9. The van der Waals surface area contributed by atoms with Crippen LogP contribution in [-0.2, 0) is 19.5 Å². The summed E-state index contributed by atoms with van der Waals surface area (Å²) in [6, 6.07) is 20.6. The summed E-state index contributed by atoms with van der Waals surface area (Å²) in [7, 11) is 0. The van der Waals surface area contributed by atoms with Gasteiger partial charge in [-0.25, -0.2) is 0 Å². The molecule has 1 amide bonds. The largest absolute Gasteiger partial charge is 0.467 e. The van der Waals surface area contributed by atoms with Gasteiger partial charge in [-0.1, -0.05) is 48.5 Å². The predicted octanol–water partition coefficient (Wildman–Crippen LogP) is 4.73. The summed E-state index contributed by atoms with van der Waals surface area (Å²) in [6.07, 6.45) is 6.08. The van der Waals surface area contributed by atoms with Crippen molar-refractivity contribution in [2.45, 2.75) is 32.5 Å². The van der Waals surface area contributed by atoms with Gasteiger partial charge in [-0.3, -0.25) is 9.48 Å². The molecule has 2 aromatic heterocycles. The van der Waals surface area contributed by atoms with Crippen molar-refractivity contribution in [3.05, 3.63) is 102 Å². The minimum Gasteiger partial charge on any atom is -0.467 e. The van der Waals surface area contributed by atoms with Crippen molar-refractivity contribution in [2.24, 2.45) is 0 Å². The average molecular weight is 412 g/mol. The van der Waals surface area contributed by atoms with Crippen LogP contribution in [-0.4, -0.2) is 21.7 Å². The van der Waals surface area contributed by atoms with Crippen LogP contribution < -0.4 is 10.2 Å². The summed E-state index contributed by atoms with van der Waals surface area (Å²) in [5.41, 5.74) is 4.90. The summed E-state index contributed by atoms with van der Waals surface area (Å²) >= 11 is 0. The number of fused-ring (bicyclic) bond motifs is 1. The van der Waals surface area contributed by atoms with E-state index in [9.17, 15) is 4.79 Å². The third-order valence-corrected chi connectivity index (χ3v) is 5.73. The average Bonchev–Trinajstić information content (AvgIpc) is 3.49. The third kappa shape index (κ3) is 3.97. The molecule has 1 aliphatic heterocycles. The van der Waals surface area contributed by atoms with E-state index >= 15 is 0 Å². The van der Waals surface area contributed by atoms with E-state index in [1.54, 1.807) is 18.5 Å². The first-order valence-corrected chi connectivity index (χ1v) is 10.5. The van der Waals surface area contributed by atoms with Gasteiger partial charge in [0.2, 0.25) is 0 Å². The molecule has 31 heavy (non-hydrogen) atoms. The summed E-state index contributed by atoms with van der Waals surface area (Å²) in [5.74, 6) is 0.473. The number of aromatic nitrogens is 2. The van der Waals surface area contributed by atoms with Crippen LogP contribution in [0.15, 0.2) is 83.7 Å². The van der Waals surface area contributed by atoms with Crippen LogP contribution in [0.5, 0.6) is 0 Å². The number of carbonyl (C=O) groups is 1. The predicted molar refractivity (Wildman–Crippen MR) is 120 cm³/mol. The first-order valence-electron chi connectivity index (χ1n) is 10.5. The molecule has 0 bridgehead atoms. The molecular formula is C25H24N4O2. The highest BCUT2D eigenvalue weighted by atomic mass is 16.3. The number of hydrogen-bond donors (Lipinski definition) is 1. The zero-order chi connectivity index (χ0) is 21.2. The number of benzene rings is 2. The van der Waals surface area contributed by atoms with E-state index in [-0.39, 0.29) is 5.91 Å². The molecule has 5 rings (SSSR count). The van der Waals surface area contributed by atoms with Crippen molar-refractivity contribution >= 4 is 17.3 Å². The molecule has 0 radical (unpaired) electrons. The lowest BCUT2D eigenvalue weighted by atomic mass is 10.1. The fraction of sp³-hybridized carbons (Fsp3) is 0.200. The van der Waals surface area contributed by atoms with Gasteiger partial charge in [0.05, 0.1) is 36.8 Å². The third-order valence-electron chi connectivity index (χ3n) is 5.73. The van der Waals surface area contributed by atoms with Crippen molar-refractivity contribution < 1.29 is 9.21 Å². The number of hydrogen-bond acceptors (Lipinski definition) is 4. The first kappa shape index (κ1) is 19.2. The smallest absolute Gasteiger partial charge is 0.259 e. The molecule has 4 aromatic rings. The maximum Gasteiger partial charge on any atom is 0.259 e. The van der Waals surface area contributed by atoms with E-state index in [0.29, 0.717) is 36.1 Å². The highest BCUT2D eigenvalue weighted by Crippen LogP contribution is 2.33. The highest BCUT2D eigenvalue weighted by Gasteiger charge is 2.28. The topological polar surface area (TPSA) is 63.3 Å². The summed E-state index contributed by atoms with van der Waals surface area (Å²) in [6.45, 7) is 3.41. The van der Waals surface area contributed by atoms with Gasteiger partial charge in [0, 0.05) is 17.9 Å². The number of nitrogens with one attached hydrogen (secondary N) is 1. The molecule has 0 aliphatic carbocycles. The van der Waals surface area contributed by atoms with Crippen molar-refractivity contribution in [2.75, 3.05) is 10.2 Å². The lowest BCUT2D eigenvalue weighted by molar-refractivity contribution is 0.102. The SMILES string of the molecule is CC1Cc2ccccc2N1Cc1occc1C(=O)Nc1cnn(Cc2ccccc2)c1. The van der Waals surface area contributed by atoms with Gasteiger partial charge >= 0.3 is 0 Å². The van der Waals surface area contributed by atoms with Gasteiger partial charge < -0.3 is 14.6 Å². The van der Waals surface area contributed by atoms with Crippen LogP contribution in [0.1, 0.15) is 34.2 Å². The Hall–Kier alpha value is -3.80. The first-order chi connectivity index (χ1) is 15.2. The number of rotatable bonds is 6. The zero-order valence-corrected chi connectivity index (χ0v) is 17.4. The van der Waals surface area contributed by atoms with Gasteiger partial charge in [-0.2, -0.15) is 5.10 Å². The molecule has 6 nitrogen and oxygen atoms in total. The van der Waals surface area contributed by atoms with Gasteiger partial charge in [-0.05, 0) is 36.6 Å². The van der Waals surface area contributed by atoms with Gasteiger partial charge in [0.1, 0.15) is 5.76 Å². The van der Waals surface area contributed by atoms with Crippen molar-refractivity contribution in [3.8, 4) is 0 Å². The fourth-order valence-corrected chi connectivity index (χ4v) is 4.17. The minimum atomic E-state index is -0.192. The second kappa shape index (κ2) is 8.14. The van der Waals surface area contributed by atoms with E-state index in [2.05, 4.69) is 52.6 Å². The quantitative estimate of drug-likeness (QED) is 0.497. The molecular weight excluding hydrogens is 388 g/mol. The van der Waals surface area contributed by atoms with E-state index in [1.807, 2.05) is 35.1 Å². The van der Waals surface area contributed by atoms with Crippen LogP contribution in [0.2, 0.25) is 0 Å². The number of furan rings is 1. The number of para-hydroxylation sites is 1. The van der Waals surface area contributed by atoms with E-state index in [1.165, 1.54) is 11.3 Å². The van der Waals surface area contributed by atoms with Crippen LogP contribution in [0.25, 0.3) is 0 Å². The Morgan fingerprint density at radius 3 is 2.77 bits per heavy atom. The summed E-state index contributed by atoms with van der Waals surface area (Å²) in [5, 5.41) is 7.30. The molecule has 0 saturated heterocycles. The van der Waals surface area contributed by atoms with E-state index in [0.717, 1.165) is 12.0 Å². The minimum absolute atomic E-state index is 0.192. The second-order valence-corrected chi connectivity index (χ2v) is 7.93. The van der Waals surface area contributed by atoms with Crippen LogP contribution in [0, 0.1) is 0 Å². The number of anilines is 2. The molecule has 1 aliphatic rings. The van der Waals surface area contributed by atoms with Crippen LogP contribution in [0.4, 0.5) is 11.4 Å². The molecule has 2 aromatic carbocycles. The maximum absolute atomic E-state index is 12.9. The Morgan fingerprint density at radius 2 is 1.90 bits per heavy atom. The highest BCUT2D eigenvalue weighted by molar-refractivity contribution is 6.04. The zero-order valence-electron chi connectivity index (χ0n) is 17.4. The number of amides is 1. The van der Waals surface area contributed by atoms with Gasteiger partial charge in [0.15, 0.2) is 0 Å².